The molecule has 0 saturated heterocycles. The molecule has 0 aromatic carbocycles. The third kappa shape index (κ3) is 21.4. The van der Waals surface area contributed by atoms with E-state index in [1.54, 1.807) is 82.1 Å². The van der Waals surface area contributed by atoms with E-state index >= 15 is 0 Å². The molecule has 0 aliphatic heterocycles. The molecule has 132 heavy (non-hydrogen) atoms. The molecule has 0 amide bonds. The number of rotatable bonds is 27. The SMILES string of the molecule is CCNc1nc(Nc2cn([C@@H]3C[C@]3(C)C#N)nc2C)ncc1C(F)(F)F.CCNc1nc(Nc2cn([C@@H]3C[C@]3(C)C#N)nc2C2CC2)ncc1C(F)(F)F.CCNc1nc(Nc2cn([C@H]3C[C@@]3(C)C#N)nc2C2CC2)ncc1C(F)(F)F.CNc1nc(Nc2cn(C3C[C@@]3(C)C#N)nc2C)ncc1C(C)(F)F.CNc1nc(Nc2cn([C@@H]3C[C@]3(C)C#N)nc2C)ncc1C(C)(F)F. The normalized spacial score (nSPS) is 22.9. The number of nitrogens with one attached hydrogen (secondary N) is 10. The summed E-state index contributed by atoms with van der Waals surface area (Å²) in [7, 11) is 3.06. The van der Waals surface area contributed by atoms with Gasteiger partial charge in [-0.1, -0.05) is 0 Å². The smallest absolute Gasteiger partial charge is 0.373 e. The third-order valence-electron chi connectivity index (χ3n) is 23.6. The van der Waals surface area contributed by atoms with Crippen molar-refractivity contribution in [2.75, 3.05) is 86.9 Å². The second-order valence-electron chi connectivity index (χ2n) is 34.7. The number of aryl methyl sites for hydroxylation is 3. The van der Waals surface area contributed by atoms with Gasteiger partial charge in [-0.2, -0.15) is 116 Å². The molecule has 10 atom stereocenters. The summed E-state index contributed by atoms with van der Waals surface area (Å²) < 4.78 is 181. The average molecular weight is 1840 g/mol. The number of alkyl halides is 13. The summed E-state index contributed by atoms with van der Waals surface area (Å²) in [5, 5.41) is 96.7. The van der Waals surface area contributed by atoms with Crippen LogP contribution in [0.2, 0.25) is 0 Å². The van der Waals surface area contributed by atoms with Gasteiger partial charge < -0.3 is 53.2 Å². The van der Waals surface area contributed by atoms with Crippen LogP contribution in [0.3, 0.4) is 0 Å². The van der Waals surface area contributed by atoms with E-state index in [0.29, 0.717) is 83.4 Å². The molecule has 7 aliphatic rings. The summed E-state index contributed by atoms with van der Waals surface area (Å²) in [5.74, 6) is -5.53. The molecule has 7 saturated carbocycles. The monoisotopic (exact) mass is 1840 g/mol. The van der Waals surface area contributed by atoms with Crippen LogP contribution in [0.15, 0.2) is 62.0 Å². The maximum Gasteiger partial charge on any atom is 0.421 e. The van der Waals surface area contributed by atoms with E-state index in [1.807, 2.05) is 48.5 Å². The van der Waals surface area contributed by atoms with Crippen LogP contribution in [-0.4, -0.2) is 132 Å². The molecule has 0 bridgehead atoms. The Morgan fingerprint density at radius 2 is 0.553 bits per heavy atom. The molecule has 17 rings (SSSR count). The topological polar surface area (TPSA) is 457 Å². The van der Waals surface area contributed by atoms with Crippen molar-refractivity contribution in [2.24, 2.45) is 27.1 Å². The number of anilines is 15. The number of halogens is 13. The summed E-state index contributed by atoms with van der Waals surface area (Å²) in [5.41, 5.74) is 1.74. The summed E-state index contributed by atoms with van der Waals surface area (Å²) in [4.78, 5) is 39.6. The van der Waals surface area contributed by atoms with Crippen molar-refractivity contribution in [1.82, 2.24) is 98.7 Å². The third-order valence-corrected chi connectivity index (χ3v) is 23.6. The van der Waals surface area contributed by atoms with Crippen molar-refractivity contribution in [1.29, 1.82) is 26.3 Å². The van der Waals surface area contributed by atoms with Gasteiger partial charge >= 0.3 is 18.5 Å². The highest BCUT2D eigenvalue weighted by molar-refractivity contribution is 5.64. The summed E-state index contributed by atoms with van der Waals surface area (Å²) in [6, 6.07) is 11.6. The van der Waals surface area contributed by atoms with Crippen LogP contribution in [0, 0.1) is 105 Å². The largest absolute Gasteiger partial charge is 0.421 e. The van der Waals surface area contributed by atoms with E-state index in [9.17, 15) is 67.6 Å². The standard InChI is InChI=1S/2C18H20F3N7.C16H18F3N7.2C16H19F2N7/c2*1-3-23-15-11(18(19,20)21)7-24-16(26-15)25-12-8-28(13-6-17(13,2)9-22)27-14(12)10-4-5-10;1-4-21-13-10(16(17,18)19)6-22-14(24-13)23-11-7-26(25-9(11)2)12-5-15(12,3)8-20;2*1-9-11(7-25(24-9)12-5-15(12,2)8-19)22-14-21-6-10(16(3,17)18)13(20-4)23-14/h2*7-8,10,13H,3-6H2,1-2H3,(H2,23,24,25,26);6-7,12H,4-5H2,1-3H3,(H2,21,22,23,24);2*6-7,12H,5H2,1-4H3,(H2,20,21,22,23)/t2*13-,17-;12-,15-;12?,15-;12-,15-/m10101/s1. The van der Waals surface area contributed by atoms with Crippen molar-refractivity contribution < 1.29 is 57.1 Å². The maximum atomic E-state index is 13.6. The molecule has 698 valence electrons. The van der Waals surface area contributed by atoms with Crippen molar-refractivity contribution in [3.8, 4) is 30.3 Å². The Morgan fingerprint density at radius 3 is 0.750 bits per heavy atom. The van der Waals surface area contributed by atoms with Crippen LogP contribution in [0.5, 0.6) is 0 Å². The van der Waals surface area contributed by atoms with Gasteiger partial charge in [0.1, 0.15) is 45.8 Å². The molecule has 48 heteroatoms. The zero-order chi connectivity index (χ0) is 96.1. The van der Waals surface area contributed by atoms with Crippen molar-refractivity contribution in [3.05, 3.63) is 118 Å². The molecule has 10 aromatic heterocycles. The first-order valence-corrected chi connectivity index (χ1v) is 42.2. The summed E-state index contributed by atoms with van der Waals surface area (Å²) in [6.07, 6.45) is 7.56. The molecular formula is C84H96F13N35. The van der Waals surface area contributed by atoms with Crippen molar-refractivity contribution in [2.45, 2.75) is 220 Å². The fourth-order valence-electron chi connectivity index (χ4n) is 14.5. The molecule has 0 spiro atoms. The lowest BCUT2D eigenvalue weighted by atomic mass is 10.2. The molecule has 10 N–H and O–H groups in total. The second-order valence-corrected chi connectivity index (χ2v) is 34.7. The minimum atomic E-state index is -4.54. The van der Waals surface area contributed by atoms with Crippen molar-refractivity contribution in [3.63, 3.8) is 0 Å². The fourth-order valence-corrected chi connectivity index (χ4v) is 14.5. The van der Waals surface area contributed by atoms with Gasteiger partial charge in [-0.25, -0.2) is 42.5 Å². The van der Waals surface area contributed by atoms with Gasteiger partial charge in [0, 0.05) is 121 Å². The second kappa shape index (κ2) is 36.0. The van der Waals surface area contributed by atoms with Crippen molar-refractivity contribution >= 4 is 87.3 Å². The molecule has 10 aromatic rings. The fraction of sp³-hybridized carbons (Fsp3) is 0.524. The maximum absolute atomic E-state index is 13.6. The quantitative estimate of drug-likeness (QED) is 0.0214. The molecule has 7 aliphatic carbocycles. The van der Waals surface area contributed by atoms with Gasteiger partial charge in [-0.15, -0.1) is 0 Å². The van der Waals surface area contributed by atoms with Crippen LogP contribution < -0.4 is 53.2 Å². The molecule has 10 heterocycles. The van der Waals surface area contributed by atoms with Crippen LogP contribution >= 0.6 is 0 Å². The van der Waals surface area contributed by atoms with E-state index in [2.05, 4.69) is 159 Å². The van der Waals surface area contributed by atoms with Gasteiger partial charge in [0.25, 0.3) is 11.8 Å². The number of hydrogen-bond acceptors (Lipinski definition) is 30. The van der Waals surface area contributed by atoms with Gasteiger partial charge in [0.2, 0.25) is 29.7 Å². The Kier molecular flexibility index (Phi) is 26.1. The van der Waals surface area contributed by atoms with Crippen LogP contribution in [0.25, 0.3) is 0 Å². The molecule has 1 unspecified atom stereocenters. The predicted octanol–water partition coefficient (Wildman–Crippen LogP) is 18.8. The number of nitriles is 5. The van der Waals surface area contributed by atoms with Gasteiger partial charge in [0.15, 0.2) is 0 Å². The zero-order valence-corrected chi connectivity index (χ0v) is 74.4. The van der Waals surface area contributed by atoms with Crippen LogP contribution in [-0.2, 0) is 30.4 Å². The first kappa shape index (κ1) is 95.6. The first-order valence-electron chi connectivity index (χ1n) is 42.2. The predicted molar refractivity (Wildman–Crippen MR) is 458 cm³/mol. The Balaban J connectivity index is 0.000000140. The Hall–Kier alpha value is -14.0. The number of hydrogen-bond donors (Lipinski definition) is 10. The number of nitrogens with zero attached hydrogens (tertiary/aromatic N) is 25. The Morgan fingerprint density at radius 1 is 0.341 bits per heavy atom. The molecule has 7 fully saturated rings. The van der Waals surface area contributed by atoms with E-state index in [-0.39, 0.29) is 111 Å². The van der Waals surface area contributed by atoms with E-state index in [4.69, 9.17) is 15.8 Å². The molecule has 35 nitrogen and oxygen atoms in total. The summed E-state index contributed by atoms with van der Waals surface area (Å²) in [6.45, 7) is 22.4. The Labute approximate surface area is 749 Å². The lowest BCUT2D eigenvalue weighted by Gasteiger charge is -2.15. The van der Waals surface area contributed by atoms with E-state index < -0.39 is 63.3 Å². The van der Waals surface area contributed by atoms with Crippen LogP contribution in [0.1, 0.15) is 225 Å². The zero-order valence-electron chi connectivity index (χ0n) is 74.4. The highest BCUT2D eigenvalue weighted by Crippen LogP contribution is 2.60. The van der Waals surface area contributed by atoms with Gasteiger partial charge in [-0.05, 0) is 134 Å². The van der Waals surface area contributed by atoms with E-state index in [1.165, 1.54) is 14.1 Å². The molecular weight excluding hydrogens is 1750 g/mol. The summed E-state index contributed by atoms with van der Waals surface area (Å²) >= 11 is 0. The Bertz CT molecular complexity index is 5860. The van der Waals surface area contributed by atoms with Gasteiger partial charge in [-0.3, -0.25) is 23.4 Å². The van der Waals surface area contributed by atoms with Gasteiger partial charge in [0.05, 0.1) is 156 Å². The minimum Gasteiger partial charge on any atom is -0.373 e. The lowest BCUT2D eigenvalue weighted by molar-refractivity contribution is -0.138. The van der Waals surface area contributed by atoms with Crippen LogP contribution in [0.4, 0.5) is 144 Å². The molecule has 0 radical (unpaired) electrons. The number of aromatic nitrogens is 20. The first-order chi connectivity index (χ1) is 62.0. The average Bonchev–Trinajstić information content (AvgIpc) is 1.59. The highest BCUT2D eigenvalue weighted by Gasteiger charge is 2.57. The highest BCUT2D eigenvalue weighted by atomic mass is 19.4. The van der Waals surface area contributed by atoms with E-state index in [0.717, 1.165) is 108 Å². The minimum absolute atomic E-state index is 0.00686. The lowest BCUT2D eigenvalue weighted by Crippen LogP contribution is -2.14.